The Labute approximate surface area is 106 Å². The van der Waals surface area contributed by atoms with Crippen LogP contribution in [0.5, 0.6) is 0 Å². The van der Waals surface area contributed by atoms with Crippen LogP contribution in [0, 0.1) is 10.1 Å². The molecule has 1 rings (SSSR count). The van der Waals surface area contributed by atoms with Gasteiger partial charge in [-0.05, 0) is 19.5 Å². The van der Waals surface area contributed by atoms with Gasteiger partial charge < -0.3 is 10.5 Å². The average Bonchev–Trinajstić information content (AvgIpc) is 2.31. The van der Waals surface area contributed by atoms with Gasteiger partial charge in [0.25, 0.3) is 5.69 Å². The van der Waals surface area contributed by atoms with Crippen LogP contribution in [0.15, 0.2) is 18.2 Å². The van der Waals surface area contributed by atoms with E-state index in [-0.39, 0.29) is 17.4 Å². The number of hydrogen-bond donors (Lipinski definition) is 1. The molecule has 0 saturated carbocycles. The molecule has 0 aromatic heterocycles. The fourth-order valence-electron chi connectivity index (χ4n) is 1.69. The van der Waals surface area contributed by atoms with Crippen LogP contribution in [-0.4, -0.2) is 36.6 Å². The van der Waals surface area contributed by atoms with E-state index < -0.39 is 4.92 Å². The number of hydrogen-bond acceptors (Lipinski definition) is 5. The van der Waals surface area contributed by atoms with Crippen molar-refractivity contribution < 1.29 is 9.66 Å². The number of para-hydroxylation sites is 1. The fraction of sp³-hybridized carbons (Fsp3) is 0.500. The minimum absolute atomic E-state index is 0.0414. The highest BCUT2D eigenvalue weighted by Gasteiger charge is 2.17. The number of rotatable bonds is 6. The van der Waals surface area contributed by atoms with Crippen LogP contribution in [0.4, 0.5) is 11.4 Å². The molecule has 0 bridgehead atoms. The van der Waals surface area contributed by atoms with Crippen LogP contribution < -0.4 is 5.73 Å². The van der Waals surface area contributed by atoms with E-state index in [0.717, 1.165) is 5.56 Å². The summed E-state index contributed by atoms with van der Waals surface area (Å²) in [6.45, 7) is 3.18. The first-order chi connectivity index (χ1) is 8.47. The molecule has 1 aromatic rings. The molecule has 0 aliphatic heterocycles. The van der Waals surface area contributed by atoms with Crippen LogP contribution in [0.1, 0.15) is 12.5 Å². The molecule has 6 nitrogen and oxygen atoms in total. The Morgan fingerprint density at radius 1 is 1.56 bits per heavy atom. The van der Waals surface area contributed by atoms with Gasteiger partial charge in [-0.1, -0.05) is 12.1 Å². The van der Waals surface area contributed by atoms with E-state index in [1.807, 2.05) is 18.9 Å². The largest absolute Gasteiger partial charge is 0.393 e. The lowest BCUT2D eigenvalue weighted by atomic mass is 10.1. The molecule has 1 unspecified atom stereocenters. The van der Waals surface area contributed by atoms with Gasteiger partial charge in [0.2, 0.25) is 0 Å². The third-order valence-electron chi connectivity index (χ3n) is 2.95. The van der Waals surface area contributed by atoms with E-state index in [2.05, 4.69) is 0 Å². The van der Waals surface area contributed by atoms with Gasteiger partial charge in [-0.25, -0.2) is 0 Å². The molecule has 100 valence electrons. The lowest BCUT2D eigenvalue weighted by molar-refractivity contribution is -0.384. The summed E-state index contributed by atoms with van der Waals surface area (Å²) in [6.07, 6.45) is 0. The number of nitrogens with zero attached hydrogens (tertiary/aromatic N) is 2. The van der Waals surface area contributed by atoms with E-state index in [0.29, 0.717) is 13.2 Å². The molecule has 0 heterocycles. The summed E-state index contributed by atoms with van der Waals surface area (Å²) in [4.78, 5) is 12.4. The fourth-order valence-corrected chi connectivity index (χ4v) is 1.69. The molecule has 0 spiro atoms. The predicted molar refractivity (Wildman–Crippen MR) is 70.3 cm³/mol. The summed E-state index contributed by atoms with van der Waals surface area (Å²) in [5, 5.41) is 10.8. The van der Waals surface area contributed by atoms with Gasteiger partial charge in [0.15, 0.2) is 0 Å². The number of likely N-dealkylation sites (N-methyl/N-ethyl adjacent to an activating group) is 1. The molecular formula is C12H19N3O3. The van der Waals surface area contributed by atoms with Gasteiger partial charge >= 0.3 is 0 Å². The first-order valence-corrected chi connectivity index (χ1v) is 5.68. The zero-order chi connectivity index (χ0) is 13.7. The number of anilines is 1. The minimum atomic E-state index is -0.461. The highest BCUT2D eigenvalue weighted by Crippen LogP contribution is 2.25. The van der Waals surface area contributed by atoms with Gasteiger partial charge in [0.05, 0.1) is 11.5 Å². The third-order valence-corrected chi connectivity index (χ3v) is 2.95. The molecule has 18 heavy (non-hydrogen) atoms. The molecule has 0 fully saturated rings. The number of nitro groups is 1. The van der Waals surface area contributed by atoms with Crippen molar-refractivity contribution >= 4 is 11.4 Å². The maximum Gasteiger partial charge on any atom is 0.292 e. The predicted octanol–water partition coefficient (Wildman–Crippen LogP) is 1.64. The summed E-state index contributed by atoms with van der Waals surface area (Å²) in [5.41, 5.74) is 6.76. The maximum absolute atomic E-state index is 10.8. The average molecular weight is 253 g/mol. The Kier molecular flexibility index (Phi) is 5.06. The van der Waals surface area contributed by atoms with Gasteiger partial charge in [-0.2, -0.15) is 0 Å². The van der Waals surface area contributed by atoms with Crippen LogP contribution in [0.25, 0.3) is 0 Å². The molecular weight excluding hydrogens is 234 g/mol. The van der Waals surface area contributed by atoms with Gasteiger partial charge in [0.1, 0.15) is 5.69 Å². The van der Waals surface area contributed by atoms with Gasteiger partial charge in [-0.3, -0.25) is 15.0 Å². The van der Waals surface area contributed by atoms with Gasteiger partial charge in [0, 0.05) is 25.8 Å². The number of ether oxygens (including phenoxy) is 1. The lowest BCUT2D eigenvalue weighted by Gasteiger charge is -2.24. The van der Waals surface area contributed by atoms with Crippen LogP contribution in [0.2, 0.25) is 0 Å². The normalized spacial score (nSPS) is 12.7. The van der Waals surface area contributed by atoms with E-state index >= 15 is 0 Å². The molecule has 1 atom stereocenters. The van der Waals surface area contributed by atoms with Crippen molar-refractivity contribution in [1.29, 1.82) is 0 Å². The minimum Gasteiger partial charge on any atom is -0.393 e. The van der Waals surface area contributed by atoms with Crippen molar-refractivity contribution in [2.45, 2.75) is 19.5 Å². The highest BCUT2D eigenvalue weighted by molar-refractivity contribution is 5.62. The second-order valence-corrected chi connectivity index (χ2v) is 4.33. The molecule has 0 saturated heterocycles. The second kappa shape index (κ2) is 6.32. The first kappa shape index (κ1) is 14.4. The number of benzene rings is 1. The Hall–Kier alpha value is -1.66. The summed E-state index contributed by atoms with van der Waals surface area (Å²) < 4.78 is 5.07. The number of nitrogen functional groups attached to an aromatic ring is 1. The Morgan fingerprint density at radius 3 is 2.78 bits per heavy atom. The highest BCUT2D eigenvalue weighted by atomic mass is 16.6. The van der Waals surface area contributed by atoms with E-state index in [1.54, 1.807) is 19.2 Å². The number of nitro benzene ring substituents is 1. The Morgan fingerprint density at radius 2 is 2.22 bits per heavy atom. The SMILES string of the molecule is COCC(C)N(C)Cc1cccc([N+](=O)[O-])c1N. The number of nitrogens with two attached hydrogens (primary N) is 1. The van der Waals surface area contributed by atoms with Crippen molar-refractivity contribution in [3.05, 3.63) is 33.9 Å². The van der Waals surface area contributed by atoms with E-state index in [1.165, 1.54) is 6.07 Å². The summed E-state index contributed by atoms with van der Waals surface area (Å²) in [7, 11) is 3.58. The van der Waals surface area contributed by atoms with Crippen LogP contribution >= 0.6 is 0 Å². The topological polar surface area (TPSA) is 81.6 Å². The van der Waals surface area contributed by atoms with E-state index in [9.17, 15) is 10.1 Å². The summed E-state index contributed by atoms with van der Waals surface area (Å²) in [5.74, 6) is 0. The summed E-state index contributed by atoms with van der Waals surface area (Å²) in [6, 6.07) is 5.09. The Balaban J connectivity index is 2.85. The van der Waals surface area contributed by atoms with Crippen molar-refractivity contribution in [3.8, 4) is 0 Å². The number of methoxy groups -OCH3 is 1. The van der Waals surface area contributed by atoms with Crippen LogP contribution in [0.3, 0.4) is 0 Å². The molecule has 0 amide bonds. The third kappa shape index (κ3) is 3.41. The quantitative estimate of drug-likeness (QED) is 0.473. The van der Waals surface area contributed by atoms with Crippen LogP contribution in [-0.2, 0) is 11.3 Å². The Bertz CT molecular complexity index is 423. The summed E-state index contributed by atoms with van der Waals surface area (Å²) >= 11 is 0. The van der Waals surface area contributed by atoms with E-state index in [4.69, 9.17) is 10.5 Å². The molecule has 6 heteroatoms. The molecule has 2 N–H and O–H groups in total. The lowest BCUT2D eigenvalue weighted by Crippen LogP contribution is -2.32. The second-order valence-electron chi connectivity index (χ2n) is 4.33. The smallest absolute Gasteiger partial charge is 0.292 e. The molecule has 0 aliphatic carbocycles. The monoisotopic (exact) mass is 253 g/mol. The molecule has 0 aliphatic rings. The van der Waals surface area contributed by atoms with Gasteiger partial charge in [-0.15, -0.1) is 0 Å². The van der Waals surface area contributed by atoms with Crippen molar-refractivity contribution in [2.24, 2.45) is 0 Å². The molecule has 0 radical (unpaired) electrons. The first-order valence-electron chi connectivity index (χ1n) is 5.68. The maximum atomic E-state index is 10.8. The zero-order valence-electron chi connectivity index (χ0n) is 10.9. The van der Waals surface area contributed by atoms with Crippen molar-refractivity contribution in [1.82, 2.24) is 4.90 Å². The van der Waals surface area contributed by atoms with Crippen molar-refractivity contribution in [2.75, 3.05) is 26.5 Å². The van der Waals surface area contributed by atoms with Crippen molar-refractivity contribution in [3.63, 3.8) is 0 Å². The molecule has 1 aromatic carbocycles. The standard InChI is InChI=1S/C12H19N3O3/c1-9(8-18-3)14(2)7-10-5-4-6-11(12(10)13)15(16)17/h4-6,9H,7-8,13H2,1-3H3. The zero-order valence-corrected chi connectivity index (χ0v) is 10.9.